The van der Waals surface area contributed by atoms with Gasteiger partial charge in [0.2, 0.25) is 0 Å². The molecule has 0 amide bonds. The predicted octanol–water partition coefficient (Wildman–Crippen LogP) is 14.6. The van der Waals surface area contributed by atoms with Gasteiger partial charge in [0.05, 0.1) is 5.39 Å². The second-order valence-electron chi connectivity index (χ2n) is 13.9. The molecule has 0 fully saturated rings. The fraction of sp³-hybridized carbons (Fsp3) is 0. The van der Waals surface area contributed by atoms with Crippen molar-refractivity contribution >= 4 is 97.7 Å². The Hall–Kier alpha value is -6.90. The summed E-state index contributed by atoms with van der Waals surface area (Å²) >= 11 is 0. The summed E-state index contributed by atoms with van der Waals surface area (Å²) in [7, 11) is 0. The molecule has 12 rings (SSSR count). The molecule has 2 nitrogen and oxygen atoms in total. The van der Waals surface area contributed by atoms with Crippen molar-refractivity contribution < 1.29 is 8.83 Å². The molecule has 0 aliphatic carbocycles. The minimum absolute atomic E-state index is 0.845. The summed E-state index contributed by atoms with van der Waals surface area (Å²) in [6.45, 7) is 0. The lowest BCUT2D eigenvalue weighted by molar-refractivity contribution is 0.663. The van der Waals surface area contributed by atoms with Crippen molar-refractivity contribution in [3.05, 3.63) is 170 Å². The standard InChI is InChI=1S/C50H28O2/c1-3-15-31-29(13-1)25-26-38-40(31)27-30-14-2-4-16-32(30)46(38)47-36-20-7-5-18-34(36)45(35-19-6-8-21-37(35)47)42-28-41-33-17-9-11-23-43(33)51-49(41)48-39-22-10-12-24-44(39)52-50(42)48/h1-28H. The molecule has 0 bridgehead atoms. The normalized spacial score (nSPS) is 12.2. The van der Waals surface area contributed by atoms with Gasteiger partial charge >= 0.3 is 0 Å². The quantitative estimate of drug-likeness (QED) is 0.136. The third-order valence-electron chi connectivity index (χ3n) is 11.2. The van der Waals surface area contributed by atoms with Crippen LogP contribution in [0.5, 0.6) is 0 Å². The molecule has 0 atom stereocenters. The molecule has 10 aromatic carbocycles. The summed E-state index contributed by atoms with van der Waals surface area (Å²) in [5, 5.41) is 16.6. The number of benzene rings is 10. The summed E-state index contributed by atoms with van der Waals surface area (Å²) in [5.41, 5.74) is 8.19. The lowest BCUT2D eigenvalue weighted by Gasteiger charge is -2.21. The van der Waals surface area contributed by atoms with Gasteiger partial charge in [0, 0.05) is 27.3 Å². The van der Waals surface area contributed by atoms with Crippen LogP contribution < -0.4 is 0 Å². The second-order valence-corrected chi connectivity index (χ2v) is 13.9. The van der Waals surface area contributed by atoms with Gasteiger partial charge in [0.1, 0.15) is 22.3 Å². The Bertz CT molecular complexity index is 3410. The molecule has 0 aliphatic rings. The van der Waals surface area contributed by atoms with Crippen molar-refractivity contribution in [1.82, 2.24) is 0 Å². The molecule has 0 unspecified atom stereocenters. The maximum atomic E-state index is 6.85. The zero-order valence-corrected chi connectivity index (χ0v) is 28.0. The van der Waals surface area contributed by atoms with E-state index in [1.165, 1.54) is 70.6 Å². The van der Waals surface area contributed by atoms with Crippen LogP contribution in [0, 0.1) is 0 Å². The van der Waals surface area contributed by atoms with Gasteiger partial charge in [-0.1, -0.05) is 146 Å². The first kappa shape index (κ1) is 27.9. The van der Waals surface area contributed by atoms with Crippen LogP contribution in [0.25, 0.3) is 120 Å². The monoisotopic (exact) mass is 660 g/mol. The van der Waals surface area contributed by atoms with Gasteiger partial charge < -0.3 is 8.83 Å². The van der Waals surface area contributed by atoms with E-state index in [1.54, 1.807) is 0 Å². The number of fused-ring (bicyclic) bond motifs is 13. The van der Waals surface area contributed by atoms with E-state index in [2.05, 4.69) is 158 Å². The summed E-state index contributed by atoms with van der Waals surface area (Å²) in [6, 6.07) is 61.4. The highest BCUT2D eigenvalue weighted by Crippen LogP contribution is 2.51. The van der Waals surface area contributed by atoms with Crippen molar-refractivity contribution in [3.63, 3.8) is 0 Å². The maximum absolute atomic E-state index is 6.85. The summed E-state index contributed by atoms with van der Waals surface area (Å²) in [6.07, 6.45) is 0. The van der Waals surface area contributed by atoms with Crippen molar-refractivity contribution in [1.29, 1.82) is 0 Å². The van der Waals surface area contributed by atoms with Crippen LogP contribution in [0.15, 0.2) is 179 Å². The van der Waals surface area contributed by atoms with Crippen LogP contribution in [0.2, 0.25) is 0 Å². The Morgan fingerprint density at radius 1 is 0.269 bits per heavy atom. The van der Waals surface area contributed by atoms with E-state index in [1.807, 2.05) is 12.1 Å². The largest absolute Gasteiger partial charge is 0.455 e. The molecule has 2 heterocycles. The Labute approximate surface area is 297 Å². The van der Waals surface area contributed by atoms with Crippen molar-refractivity contribution in [3.8, 4) is 22.3 Å². The molecule has 2 aromatic heterocycles. The van der Waals surface area contributed by atoms with Gasteiger partial charge in [-0.2, -0.15) is 0 Å². The second kappa shape index (κ2) is 10.3. The summed E-state index contributed by atoms with van der Waals surface area (Å²) in [4.78, 5) is 0. The van der Waals surface area contributed by atoms with E-state index >= 15 is 0 Å². The van der Waals surface area contributed by atoms with Crippen LogP contribution in [0.3, 0.4) is 0 Å². The zero-order chi connectivity index (χ0) is 33.9. The predicted molar refractivity (Wildman–Crippen MR) is 219 cm³/mol. The van der Waals surface area contributed by atoms with Gasteiger partial charge in [-0.05, 0) is 89.3 Å². The van der Waals surface area contributed by atoms with Gasteiger partial charge in [-0.15, -0.1) is 0 Å². The molecule has 0 saturated carbocycles. The van der Waals surface area contributed by atoms with Crippen molar-refractivity contribution in [2.45, 2.75) is 0 Å². The highest BCUT2D eigenvalue weighted by molar-refractivity contribution is 6.32. The Balaban J connectivity index is 1.30. The van der Waals surface area contributed by atoms with Crippen molar-refractivity contribution in [2.24, 2.45) is 0 Å². The molecule has 240 valence electrons. The van der Waals surface area contributed by atoms with E-state index < -0.39 is 0 Å². The van der Waals surface area contributed by atoms with E-state index in [9.17, 15) is 0 Å². The summed E-state index contributed by atoms with van der Waals surface area (Å²) < 4.78 is 13.5. The van der Waals surface area contributed by atoms with Crippen LogP contribution in [-0.2, 0) is 0 Å². The number of furan rings is 2. The van der Waals surface area contributed by atoms with Crippen LogP contribution >= 0.6 is 0 Å². The number of para-hydroxylation sites is 2. The first-order valence-corrected chi connectivity index (χ1v) is 17.8. The lowest BCUT2D eigenvalue weighted by atomic mass is 9.82. The first-order chi connectivity index (χ1) is 25.8. The Morgan fingerprint density at radius 3 is 1.46 bits per heavy atom. The molecule has 0 radical (unpaired) electrons. The molecular formula is C50H28O2. The Morgan fingerprint density at radius 2 is 0.750 bits per heavy atom. The molecule has 2 heteroatoms. The molecule has 52 heavy (non-hydrogen) atoms. The topological polar surface area (TPSA) is 26.3 Å². The van der Waals surface area contributed by atoms with Gasteiger partial charge in [0.25, 0.3) is 0 Å². The van der Waals surface area contributed by atoms with Gasteiger partial charge in [-0.25, -0.2) is 0 Å². The third kappa shape index (κ3) is 3.68. The highest BCUT2D eigenvalue weighted by atomic mass is 16.3. The SMILES string of the molecule is c1ccc2c(-c3c4ccccc4c(-c4cc5c6ccccc6oc5c5c4oc4ccccc45)c4ccccc34)c3ccc4ccccc4c3cc2c1. The zero-order valence-electron chi connectivity index (χ0n) is 28.0. The maximum Gasteiger partial charge on any atom is 0.147 e. The minimum Gasteiger partial charge on any atom is -0.455 e. The van der Waals surface area contributed by atoms with E-state index in [0.717, 1.165) is 49.4 Å². The van der Waals surface area contributed by atoms with Crippen LogP contribution in [0.1, 0.15) is 0 Å². The number of rotatable bonds is 2. The molecule has 0 N–H and O–H groups in total. The first-order valence-electron chi connectivity index (χ1n) is 17.8. The molecule has 0 spiro atoms. The fourth-order valence-corrected chi connectivity index (χ4v) is 9.03. The molecule has 0 saturated heterocycles. The minimum atomic E-state index is 0.845. The lowest BCUT2D eigenvalue weighted by Crippen LogP contribution is -1.93. The van der Waals surface area contributed by atoms with E-state index in [4.69, 9.17) is 8.83 Å². The van der Waals surface area contributed by atoms with Crippen LogP contribution in [-0.4, -0.2) is 0 Å². The van der Waals surface area contributed by atoms with E-state index in [0.29, 0.717) is 0 Å². The summed E-state index contributed by atoms with van der Waals surface area (Å²) in [5.74, 6) is 0. The van der Waals surface area contributed by atoms with Crippen LogP contribution in [0.4, 0.5) is 0 Å². The van der Waals surface area contributed by atoms with Crippen molar-refractivity contribution in [2.75, 3.05) is 0 Å². The average Bonchev–Trinajstić information content (AvgIpc) is 3.78. The molecule has 0 aliphatic heterocycles. The number of hydrogen-bond acceptors (Lipinski definition) is 2. The molecule has 12 aromatic rings. The third-order valence-corrected chi connectivity index (χ3v) is 11.2. The van der Waals surface area contributed by atoms with E-state index in [-0.39, 0.29) is 0 Å². The fourth-order valence-electron chi connectivity index (χ4n) is 9.03. The smallest absolute Gasteiger partial charge is 0.147 e. The average molecular weight is 661 g/mol. The van der Waals surface area contributed by atoms with Gasteiger partial charge in [0.15, 0.2) is 0 Å². The highest BCUT2D eigenvalue weighted by Gasteiger charge is 2.25. The molecular weight excluding hydrogens is 633 g/mol. The van der Waals surface area contributed by atoms with Gasteiger partial charge in [-0.3, -0.25) is 0 Å². The Kier molecular flexibility index (Phi) is 5.53. The number of hydrogen-bond donors (Lipinski definition) is 0.